The number of phenols is 3. The first-order valence-electron chi connectivity index (χ1n) is 40.0. The van der Waals surface area contributed by atoms with Crippen LogP contribution in [0.1, 0.15) is 111 Å². The van der Waals surface area contributed by atoms with Crippen molar-refractivity contribution in [1.29, 1.82) is 0 Å². The number of aromatic nitrogens is 2. The zero-order valence-corrected chi connectivity index (χ0v) is 71.2. The summed E-state index contributed by atoms with van der Waals surface area (Å²) in [6.45, 7) is 5.13. The van der Waals surface area contributed by atoms with Gasteiger partial charge in [0.1, 0.15) is 107 Å². The molecular weight excluding hydrogens is 1750 g/mol. The number of hydrogen-bond acceptors (Lipinski definition) is 30. The molecule has 8 heterocycles. The van der Waals surface area contributed by atoms with E-state index < -0.39 is 259 Å². The lowest BCUT2D eigenvalue weighted by Gasteiger charge is -2.48. The molecule has 6 aromatic carbocycles. The topological polar surface area (TPSA) is 591 Å². The predicted molar refractivity (Wildman–Crippen MR) is 449 cm³/mol. The van der Waals surface area contributed by atoms with Crippen molar-refractivity contribution in [2.24, 2.45) is 11.7 Å². The molecule has 0 aliphatic carbocycles. The number of benzene rings is 6. The number of carbonyl (C=O) groups excluding carboxylic acids is 9. The number of nitrogens with zero attached hydrogens (tertiary/aromatic N) is 2. The molecule has 1 aromatic heterocycles. The Hall–Kier alpha value is -11.8. The van der Waals surface area contributed by atoms with Crippen LogP contribution in [-0.4, -0.2) is 228 Å². The van der Waals surface area contributed by atoms with E-state index in [0.29, 0.717) is 5.56 Å². The number of primary amides is 1. The molecule has 128 heavy (non-hydrogen) atoms. The molecule has 684 valence electrons. The second-order valence-corrected chi connectivity index (χ2v) is 32.5. The van der Waals surface area contributed by atoms with Gasteiger partial charge in [-0.2, -0.15) is 4.98 Å². The number of fused-ring (bicyclic) bond motifs is 15. The van der Waals surface area contributed by atoms with Gasteiger partial charge in [0.2, 0.25) is 59.3 Å². The fourth-order valence-electron chi connectivity index (χ4n) is 15.0. The molecule has 9 amide bonds. The molecule has 2 fully saturated rings. The highest BCUT2D eigenvalue weighted by atomic mass is 35.5. The zero-order valence-electron chi connectivity index (χ0n) is 69.0. The highest BCUT2D eigenvalue weighted by Crippen LogP contribution is 2.50. The molecule has 40 nitrogen and oxygen atoms in total. The number of carbonyl (C=O) groups is 9. The fraction of sp³-hybridized carbons (Fsp3) is 0.393. The summed E-state index contributed by atoms with van der Waals surface area (Å²) in [5.41, 5.74) is 3.36. The molecule has 21 N–H and O–H groups in total. The van der Waals surface area contributed by atoms with Crippen LogP contribution in [0.4, 0.5) is 10.2 Å². The van der Waals surface area contributed by atoms with E-state index in [0.717, 1.165) is 78.9 Å². The number of methoxy groups -OCH3 is 1. The normalized spacial score (nSPS) is 25.7. The second-order valence-electron chi connectivity index (χ2n) is 31.3. The van der Waals surface area contributed by atoms with Crippen molar-refractivity contribution in [3.63, 3.8) is 0 Å². The molecule has 7 aromatic rings. The molecule has 18 atom stereocenters. The Balaban J connectivity index is 0.992. The lowest BCUT2D eigenvalue weighted by Crippen LogP contribution is -2.65. The second kappa shape index (κ2) is 41.1. The summed E-state index contributed by atoms with van der Waals surface area (Å²) in [7, 11) is 2.79. The van der Waals surface area contributed by atoms with Gasteiger partial charge in [-0.1, -0.05) is 72.9 Å². The van der Waals surface area contributed by atoms with Gasteiger partial charge in [0.15, 0.2) is 23.9 Å². The minimum absolute atomic E-state index is 0.0644. The van der Waals surface area contributed by atoms with Crippen molar-refractivity contribution in [3.05, 3.63) is 180 Å². The molecule has 7 aliphatic heterocycles. The summed E-state index contributed by atoms with van der Waals surface area (Å²) < 4.78 is 59.4. The molecule has 7 aliphatic rings. The largest absolute Gasteiger partial charge is 0.508 e. The molecule has 0 unspecified atom stereocenters. The molecule has 11 bridgehead atoms. The number of amides is 9. The van der Waals surface area contributed by atoms with Crippen LogP contribution in [0, 0.1) is 11.7 Å². The monoisotopic (exact) mass is 1840 g/mol. The van der Waals surface area contributed by atoms with E-state index in [9.17, 15) is 74.3 Å². The number of nitrogens with two attached hydrogens (primary N) is 1. The first kappa shape index (κ1) is 95.4. The SMILES string of the molecule is CN[C@H](CC(C)C)C(=O)N[C@H]1C(=O)N[C@@H](CC(N)=O)C(=O)N[C@H]2C(=O)N[C@H]3C(=O)N[C@H](C(=O)N[C@@H](C(=O)NOCCOC)c4cc(O)cc(O)c4-c4cc3ccc4O)[C@H](O)c3ccc(c(Cl)c3)Oc3cc2cc(c3O[C@@H]2O[C@H](CO)[C@@H](O)[C@H](O)[C@H]2O[C@H]2C[C@](C)(NCCn3ccc(NC(=O)/C=C/c4ccc(F)c(Cl)c4)nc3=O)[C@H](O)[C@H](C)O2)Oc2ccc(cc2Cl)[C@H]1O. The standard InChI is InChI=1S/C84H93Cl3FN13O27/c1-35(2)23-49(90-5)75(113)98-66-68(108)39-10-14-53(46(86)26-39)124-55-28-41-29-56(72(55)128-82-73(71(111)70(110)57(34-102)126-82)127-61-33-84(4,74(112)36(3)123-61)91-18-20-101-19-17-59(94-83(101)120)93-60(107)16-8-37-7-12-48(88)45(85)24-37)125-54-15-11-40(27-47(54)87)69(109)67-80(118)97-65(81(119)100-122-22-21-121-6)44-30-42(103)31-52(105)62(44)43-25-38(9-13-51(43)104)63(77(115)99-67)96-78(116)64(41)95-76(114)50(32-58(89)106)92-79(66)117/h7-17,19,24-31,35-36,49-50,57,61,63-71,73-74,82,90-91,102-105,108-112H,18,20-23,32-34H2,1-6H3,(H2,89,106)(H,92,117)(H,95,114)(H,96,116)(H,97,118)(H,98,113)(H,99,115)(H,100,119)(H,93,94,107,120)/b16-8+/t36-,49+,50-,57+,61-,63+,64+,65+,66+,67-,68+,69+,70+,71-,73+,74+,82-,84-/m0/s1. The summed E-state index contributed by atoms with van der Waals surface area (Å²) >= 11 is 20.2. The number of nitrogens with one attached hydrogen (secondary N) is 10. The number of hydrogen-bond donors (Lipinski definition) is 20. The predicted octanol–water partition coefficient (Wildman–Crippen LogP) is 2.05. The molecule has 44 heteroatoms. The first-order chi connectivity index (χ1) is 60.8. The minimum atomic E-state index is -2.41. The van der Waals surface area contributed by atoms with Gasteiger partial charge >= 0.3 is 5.69 Å². The highest BCUT2D eigenvalue weighted by Gasteiger charge is 2.52. The maximum atomic E-state index is 16.4. The number of aliphatic hydroxyl groups is 6. The van der Waals surface area contributed by atoms with Crippen LogP contribution in [0.5, 0.6) is 46.0 Å². The van der Waals surface area contributed by atoms with Gasteiger partial charge in [-0.3, -0.25) is 52.6 Å². The quantitative estimate of drug-likeness (QED) is 0.0234. The van der Waals surface area contributed by atoms with Crippen LogP contribution >= 0.6 is 34.8 Å². The minimum Gasteiger partial charge on any atom is -0.508 e. The van der Waals surface area contributed by atoms with Gasteiger partial charge in [-0.05, 0) is 145 Å². The third-order valence-corrected chi connectivity index (χ3v) is 22.6. The number of aromatic hydroxyl groups is 3. The Labute approximate surface area is 742 Å². The van der Waals surface area contributed by atoms with Crippen molar-refractivity contribution >= 4 is 99.9 Å². The molecule has 2 saturated heterocycles. The smallest absolute Gasteiger partial charge is 0.349 e. The van der Waals surface area contributed by atoms with E-state index in [4.69, 9.17) is 78.5 Å². The number of likely N-dealkylation sites (N-methyl/N-ethyl adjacent to an activating group) is 1. The van der Waals surface area contributed by atoms with E-state index in [1.165, 1.54) is 68.3 Å². The summed E-state index contributed by atoms with van der Waals surface area (Å²) in [4.78, 5) is 156. The number of rotatable bonds is 24. The maximum Gasteiger partial charge on any atom is 0.349 e. The van der Waals surface area contributed by atoms with Crippen LogP contribution in [0.3, 0.4) is 0 Å². The lowest BCUT2D eigenvalue weighted by atomic mass is 9.85. The van der Waals surface area contributed by atoms with Gasteiger partial charge < -0.3 is 133 Å². The zero-order chi connectivity index (χ0) is 92.6. The van der Waals surface area contributed by atoms with Crippen molar-refractivity contribution < 1.29 is 131 Å². The number of halogens is 4. The Kier molecular flexibility index (Phi) is 30.6. The number of hydroxylamine groups is 1. The number of ether oxygens (including phenoxy) is 7. The lowest BCUT2D eigenvalue weighted by molar-refractivity contribution is -0.334. The average Bonchev–Trinajstić information content (AvgIpc) is 0.764. The third-order valence-electron chi connectivity index (χ3n) is 21.7. The summed E-state index contributed by atoms with van der Waals surface area (Å²) in [6, 6.07) is 4.50. The van der Waals surface area contributed by atoms with Gasteiger partial charge in [0.25, 0.3) is 5.91 Å². The maximum absolute atomic E-state index is 16.4. The van der Waals surface area contributed by atoms with E-state index in [2.05, 4.69) is 58.3 Å². The van der Waals surface area contributed by atoms with Crippen LogP contribution in [0.15, 0.2) is 120 Å². The van der Waals surface area contributed by atoms with E-state index >= 15 is 24.0 Å². The molecule has 0 spiro atoms. The van der Waals surface area contributed by atoms with Crippen LogP contribution in [0.25, 0.3) is 17.2 Å². The average molecular weight is 1840 g/mol. The van der Waals surface area contributed by atoms with Crippen LogP contribution in [-0.2, 0) is 73.5 Å². The molecule has 14 rings (SSSR count). The van der Waals surface area contributed by atoms with Crippen molar-refractivity contribution in [2.45, 2.75) is 163 Å². The number of anilines is 1. The van der Waals surface area contributed by atoms with Crippen molar-refractivity contribution in [1.82, 2.24) is 57.6 Å². The summed E-state index contributed by atoms with van der Waals surface area (Å²) in [5, 5.41) is 129. The van der Waals surface area contributed by atoms with Gasteiger partial charge in [-0.25, -0.2) is 14.7 Å². The fourth-order valence-corrected chi connectivity index (χ4v) is 15.7. The Morgan fingerprint density at radius 3 is 2.04 bits per heavy atom. The van der Waals surface area contributed by atoms with E-state index in [1.54, 1.807) is 6.92 Å². The van der Waals surface area contributed by atoms with Crippen LogP contribution < -0.4 is 79.0 Å². The Morgan fingerprint density at radius 2 is 1.40 bits per heavy atom. The van der Waals surface area contributed by atoms with Gasteiger partial charge in [0, 0.05) is 61.6 Å². The number of aliphatic hydroxyl groups excluding tert-OH is 6. The van der Waals surface area contributed by atoms with E-state index in [1.807, 2.05) is 13.8 Å². The van der Waals surface area contributed by atoms with Gasteiger partial charge in [-0.15, -0.1) is 0 Å². The molecule has 0 radical (unpaired) electrons. The Bertz CT molecular complexity index is 5490. The Morgan fingerprint density at radius 1 is 0.734 bits per heavy atom. The third kappa shape index (κ3) is 22.0. The molecular formula is C84H93Cl3FN13O27. The van der Waals surface area contributed by atoms with E-state index in [-0.39, 0.29) is 78.3 Å². The van der Waals surface area contributed by atoms with Crippen molar-refractivity contribution in [3.8, 4) is 57.1 Å². The van der Waals surface area contributed by atoms with Crippen molar-refractivity contribution in [2.75, 3.05) is 45.8 Å². The van der Waals surface area contributed by atoms with Crippen LogP contribution in [0.2, 0.25) is 15.1 Å². The van der Waals surface area contributed by atoms with Gasteiger partial charge in [0.05, 0.1) is 59.6 Å². The molecule has 0 saturated carbocycles. The highest BCUT2D eigenvalue weighted by molar-refractivity contribution is 6.32. The summed E-state index contributed by atoms with van der Waals surface area (Å²) in [5.74, 6) is -17.2. The summed E-state index contributed by atoms with van der Waals surface area (Å²) in [6.07, 6.45) is -15.9. The first-order valence-corrected chi connectivity index (χ1v) is 41.1. The number of phenolic OH excluding ortho intramolecular Hbond substituents is 3.